The first-order valence-electron chi connectivity index (χ1n) is 10.7. The zero-order valence-electron chi connectivity index (χ0n) is 17.8. The monoisotopic (exact) mass is 442 g/mol. The number of primary amides is 1. The fourth-order valence-corrected chi connectivity index (χ4v) is 4.86. The standard InChI is InChI=1S/C14H18N4O3.C7H11F3/c1-7-12(16-2)11(18(20)21)4-10(14(15)19)13(7)17-5-8-3-9(8)6-17;8-7(9,10)6-4-2-1-3-5-6/h4,8-9,16H,3,5-6H2,1-2H3,(H2,15,19);6H,1-5H2. The Hall–Kier alpha value is -2.52. The van der Waals surface area contributed by atoms with E-state index in [9.17, 15) is 28.1 Å². The van der Waals surface area contributed by atoms with Gasteiger partial charge in [0.25, 0.3) is 11.6 Å². The number of nitrogens with two attached hydrogens (primary N) is 1. The second kappa shape index (κ2) is 8.92. The molecule has 1 heterocycles. The van der Waals surface area contributed by atoms with Crippen LogP contribution in [-0.4, -0.2) is 37.1 Å². The minimum absolute atomic E-state index is 0.114. The number of halogens is 3. The normalized spacial score (nSPS) is 22.9. The molecule has 0 bridgehead atoms. The first-order chi connectivity index (χ1) is 14.5. The van der Waals surface area contributed by atoms with Gasteiger partial charge in [0.05, 0.1) is 22.1 Å². The number of benzene rings is 1. The van der Waals surface area contributed by atoms with Gasteiger partial charge in [-0.15, -0.1) is 0 Å². The number of hydrogen-bond donors (Lipinski definition) is 2. The molecule has 4 rings (SSSR count). The molecule has 7 nitrogen and oxygen atoms in total. The largest absolute Gasteiger partial charge is 0.391 e. The van der Waals surface area contributed by atoms with Crippen LogP contribution in [0.1, 0.15) is 54.4 Å². The van der Waals surface area contributed by atoms with E-state index in [4.69, 9.17) is 5.73 Å². The Morgan fingerprint density at radius 2 is 1.81 bits per heavy atom. The van der Waals surface area contributed by atoms with Gasteiger partial charge in [-0.2, -0.15) is 13.2 Å². The predicted molar refractivity (Wildman–Crippen MR) is 112 cm³/mol. The summed E-state index contributed by atoms with van der Waals surface area (Å²) in [5.74, 6) is -0.239. The smallest absolute Gasteiger partial charge is 0.382 e. The van der Waals surface area contributed by atoms with E-state index in [1.807, 2.05) is 0 Å². The summed E-state index contributed by atoms with van der Waals surface area (Å²) in [6.07, 6.45) is 0.502. The molecule has 1 saturated heterocycles. The van der Waals surface area contributed by atoms with Crippen LogP contribution in [0.3, 0.4) is 0 Å². The Bertz CT molecular complexity index is 843. The van der Waals surface area contributed by atoms with Crippen LogP contribution in [0, 0.1) is 34.8 Å². The Morgan fingerprint density at radius 1 is 1.23 bits per heavy atom. The lowest BCUT2D eigenvalue weighted by atomic mass is 9.89. The molecule has 172 valence electrons. The van der Waals surface area contributed by atoms with Crippen molar-refractivity contribution in [2.45, 2.75) is 51.6 Å². The zero-order valence-corrected chi connectivity index (χ0v) is 17.8. The van der Waals surface area contributed by atoms with Gasteiger partial charge >= 0.3 is 6.18 Å². The molecule has 3 fully saturated rings. The van der Waals surface area contributed by atoms with Crippen LogP contribution in [0.2, 0.25) is 0 Å². The second-order valence-corrected chi connectivity index (χ2v) is 8.70. The van der Waals surface area contributed by atoms with Gasteiger partial charge in [-0.1, -0.05) is 19.3 Å². The average molecular weight is 442 g/mol. The molecule has 1 aliphatic heterocycles. The van der Waals surface area contributed by atoms with Crippen LogP contribution in [0.5, 0.6) is 0 Å². The van der Waals surface area contributed by atoms with Gasteiger partial charge in [0.1, 0.15) is 5.69 Å². The maximum Gasteiger partial charge on any atom is 0.391 e. The van der Waals surface area contributed by atoms with Crippen LogP contribution in [0.15, 0.2) is 6.07 Å². The third kappa shape index (κ3) is 5.04. The molecule has 1 aromatic rings. The summed E-state index contributed by atoms with van der Waals surface area (Å²) in [4.78, 5) is 24.6. The van der Waals surface area contributed by atoms with Crippen molar-refractivity contribution in [3.05, 3.63) is 27.3 Å². The fraction of sp³-hybridized carbons (Fsp3) is 0.667. The SMILES string of the molecule is CNc1c([N+](=O)[O-])cc(C(N)=O)c(N2CC3CC3C2)c1C.FC(F)(F)C1CCCCC1. The highest BCUT2D eigenvalue weighted by molar-refractivity contribution is 6.02. The number of carbonyl (C=O) groups is 1. The van der Waals surface area contributed by atoms with Gasteiger partial charge in [-0.05, 0) is 38.0 Å². The Labute approximate surface area is 179 Å². The summed E-state index contributed by atoms with van der Waals surface area (Å²) in [6, 6.07) is 1.29. The van der Waals surface area contributed by atoms with E-state index in [-0.39, 0.29) is 11.3 Å². The lowest BCUT2D eigenvalue weighted by molar-refractivity contribution is -0.384. The number of nitrogens with one attached hydrogen (secondary N) is 1. The quantitative estimate of drug-likeness (QED) is 0.523. The van der Waals surface area contributed by atoms with Crippen molar-refractivity contribution in [1.29, 1.82) is 0 Å². The van der Waals surface area contributed by atoms with Crippen LogP contribution in [0.25, 0.3) is 0 Å². The molecule has 3 aliphatic rings. The van der Waals surface area contributed by atoms with Crippen LogP contribution in [-0.2, 0) is 0 Å². The van der Waals surface area contributed by atoms with Crippen molar-refractivity contribution in [2.24, 2.45) is 23.5 Å². The highest BCUT2D eigenvalue weighted by atomic mass is 19.4. The van der Waals surface area contributed by atoms with E-state index < -0.39 is 22.9 Å². The number of anilines is 2. The lowest BCUT2D eigenvalue weighted by Gasteiger charge is -2.26. The van der Waals surface area contributed by atoms with Crippen molar-refractivity contribution in [2.75, 3.05) is 30.4 Å². The number of nitro benzene ring substituents is 1. The summed E-state index contributed by atoms with van der Waals surface area (Å²) >= 11 is 0. The second-order valence-electron chi connectivity index (χ2n) is 8.70. The van der Waals surface area contributed by atoms with Crippen LogP contribution >= 0.6 is 0 Å². The molecule has 0 radical (unpaired) electrons. The van der Waals surface area contributed by atoms with E-state index in [2.05, 4.69) is 10.2 Å². The Morgan fingerprint density at radius 3 is 2.23 bits per heavy atom. The summed E-state index contributed by atoms with van der Waals surface area (Å²) in [5, 5.41) is 14.1. The number of fused-ring (bicyclic) bond motifs is 1. The molecule has 2 saturated carbocycles. The first kappa shape index (κ1) is 23.1. The van der Waals surface area contributed by atoms with Gasteiger partial charge in [0.15, 0.2) is 0 Å². The number of rotatable bonds is 4. The number of carbonyl (C=O) groups excluding carboxylic acids is 1. The van der Waals surface area contributed by atoms with Crippen molar-refractivity contribution < 1.29 is 22.9 Å². The highest BCUT2D eigenvalue weighted by Crippen LogP contribution is 2.49. The number of nitrogens with zero attached hydrogens (tertiary/aromatic N) is 2. The van der Waals surface area contributed by atoms with Gasteiger partial charge in [0, 0.05) is 31.8 Å². The van der Waals surface area contributed by atoms with Crippen molar-refractivity contribution in [3.63, 3.8) is 0 Å². The van der Waals surface area contributed by atoms with E-state index in [0.29, 0.717) is 35.9 Å². The molecule has 1 amide bonds. The first-order valence-corrected chi connectivity index (χ1v) is 10.7. The third-order valence-corrected chi connectivity index (χ3v) is 6.60. The summed E-state index contributed by atoms with van der Waals surface area (Å²) in [5.41, 5.74) is 7.47. The molecule has 10 heteroatoms. The number of amides is 1. The fourth-order valence-electron chi connectivity index (χ4n) is 4.86. The van der Waals surface area contributed by atoms with Crippen LogP contribution in [0.4, 0.5) is 30.2 Å². The maximum absolute atomic E-state index is 11.9. The zero-order chi connectivity index (χ0) is 22.9. The molecule has 1 aromatic carbocycles. The molecule has 0 spiro atoms. The van der Waals surface area contributed by atoms with E-state index in [1.54, 1.807) is 14.0 Å². The number of piperidine rings is 1. The predicted octanol–water partition coefficient (Wildman–Crippen LogP) is 4.63. The van der Waals surface area contributed by atoms with Gasteiger partial charge in [0.2, 0.25) is 0 Å². The minimum atomic E-state index is -3.93. The summed E-state index contributed by atoms with van der Waals surface area (Å²) in [7, 11) is 1.64. The molecule has 2 atom stereocenters. The van der Waals surface area contributed by atoms with Crippen molar-refractivity contribution in [1.82, 2.24) is 0 Å². The molecular weight excluding hydrogens is 413 g/mol. The molecule has 31 heavy (non-hydrogen) atoms. The van der Waals surface area contributed by atoms with E-state index in [1.165, 1.54) is 12.5 Å². The summed E-state index contributed by atoms with van der Waals surface area (Å²) < 4.78 is 35.8. The maximum atomic E-state index is 11.9. The average Bonchev–Trinajstić information content (AvgIpc) is 3.32. The van der Waals surface area contributed by atoms with Gasteiger partial charge in [-0.3, -0.25) is 14.9 Å². The molecule has 2 aliphatic carbocycles. The molecular formula is C21H29F3N4O3. The third-order valence-electron chi connectivity index (χ3n) is 6.60. The summed E-state index contributed by atoms with van der Waals surface area (Å²) in [6.45, 7) is 3.59. The highest BCUT2D eigenvalue weighted by Gasteiger charge is 2.46. The minimum Gasteiger partial charge on any atom is -0.382 e. The molecule has 0 aromatic heterocycles. The van der Waals surface area contributed by atoms with Crippen LogP contribution < -0.4 is 16.0 Å². The van der Waals surface area contributed by atoms with Crippen molar-refractivity contribution >= 4 is 23.0 Å². The Balaban J connectivity index is 0.000000229. The lowest BCUT2D eigenvalue weighted by Crippen LogP contribution is -2.27. The number of nitro groups is 1. The van der Waals surface area contributed by atoms with Crippen molar-refractivity contribution in [3.8, 4) is 0 Å². The van der Waals surface area contributed by atoms with E-state index in [0.717, 1.165) is 38.0 Å². The number of hydrogen-bond acceptors (Lipinski definition) is 5. The van der Waals surface area contributed by atoms with Gasteiger partial charge in [-0.25, -0.2) is 0 Å². The van der Waals surface area contributed by atoms with Gasteiger partial charge < -0.3 is 16.0 Å². The Kier molecular flexibility index (Phi) is 6.66. The molecule has 3 N–H and O–H groups in total. The topological polar surface area (TPSA) is 101 Å². The van der Waals surface area contributed by atoms with E-state index >= 15 is 0 Å². The molecule has 2 unspecified atom stereocenters. The number of alkyl halides is 3.